The number of carbonyl (C=O) groups is 1. The lowest BCUT2D eigenvalue weighted by Gasteiger charge is -2.20. The van der Waals surface area contributed by atoms with Gasteiger partial charge in [-0.05, 0) is 45.2 Å². The molecule has 1 aromatic heterocycles. The van der Waals surface area contributed by atoms with Crippen LogP contribution in [0.2, 0.25) is 0 Å². The standard InChI is InChI=1S/C13H20N2OS/c1-9-6-7-12(17-9)10(2)15-11-5-3-4-8-14-13(11)16/h6-7,10-11,15H,3-5,8H2,1-2H3,(H,14,16). The van der Waals surface area contributed by atoms with Crippen molar-refractivity contribution in [3.05, 3.63) is 21.9 Å². The van der Waals surface area contributed by atoms with Crippen LogP contribution in [0.3, 0.4) is 0 Å². The van der Waals surface area contributed by atoms with Crippen molar-refractivity contribution in [2.24, 2.45) is 0 Å². The third-order valence-corrected chi connectivity index (χ3v) is 4.36. The molecule has 1 aliphatic heterocycles. The van der Waals surface area contributed by atoms with Crippen molar-refractivity contribution in [1.82, 2.24) is 10.6 Å². The van der Waals surface area contributed by atoms with Crippen LogP contribution in [-0.2, 0) is 4.79 Å². The second kappa shape index (κ2) is 5.65. The van der Waals surface area contributed by atoms with Crippen LogP contribution in [0, 0.1) is 6.92 Å². The lowest BCUT2D eigenvalue weighted by Crippen LogP contribution is -2.43. The Hall–Kier alpha value is -0.870. The van der Waals surface area contributed by atoms with E-state index >= 15 is 0 Å². The first-order chi connectivity index (χ1) is 8.16. The summed E-state index contributed by atoms with van der Waals surface area (Å²) in [6.07, 6.45) is 3.16. The van der Waals surface area contributed by atoms with Gasteiger partial charge in [0.2, 0.25) is 5.91 Å². The van der Waals surface area contributed by atoms with Crippen LogP contribution >= 0.6 is 11.3 Å². The predicted octanol–water partition coefficient (Wildman–Crippen LogP) is 2.38. The van der Waals surface area contributed by atoms with Gasteiger partial charge in [0.25, 0.3) is 0 Å². The highest BCUT2D eigenvalue weighted by molar-refractivity contribution is 7.12. The van der Waals surface area contributed by atoms with Crippen LogP contribution in [0.4, 0.5) is 0 Å². The molecule has 1 fully saturated rings. The summed E-state index contributed by atoms with van der Waals surface area (Å²) in [5, 5.41) is 6.40. The molecule has 3 nitrogen and oxygen atoms in total. The summed E-state index contributed by atoms with van der Waals surface area (Å²) in [6.45, 7) is 5.06. The number of hydrogen-bond acceptors (Lipinski definition) is 3. The minimum Gasteiger partial charge on any atom is -0.355 e. The largest absolute Gasteiger partial charge is 0.355 e. The fraction of sp³-hybridized carbons (Fsp3) is 0.615. The van der Waals surface area contributed by atoms with Crippen molar-refractivity contribution in [3.8, 4) is 0 Å². The molecule has 0 radical (unpaired) electrons. The highest BCUT2D eigenvalue weighted by Crippen LogP contribution is 2.23. The number of carbonyl (C=O) groups excluding carboxylic acids is 1. The average molecular weight is 252 g/mol. The molecule has 2 rings (SSSR count). The molecule has 0 spiro atoms. The average Bonchev–Trinajstić information content (AvgIpc) is 2.63. The first kappa shape index (κ1) is 12.6. The summed E-state index contributed by atoms with van der Waals surface area (Å²) in [6, 6.07) is 4.50. The van der Waals surface area contributed by atoms with Gasteiger partial charge in [0.15, 0.2) is 0 Å². The van der Waals surface area contributed by atoms with E-state index in [1.54, 1.807) is 11.3 Å². The van der Waals surface area contributed by atoms with Crippen LogP contribution in [-0.4, -0.2) is 18.5 Å². The van der Waals surface area contributed by atoms with E-state index in [4.69, 9.17) is 0 Å². The van der Waals surface area contributed by atoms with Crippen LogP contribution < -0.4 is 10.6 Å². The fourth-order valence-corrected chi connectivity index (χ4v) is 3.06. The van der Waals surface area contributed by atoms with E-state index in [1.165, 1.54) is 9.75 Å². The topological polar surface area (TPSA) is 41.1 Å². The number of hydrogen-bond donors (Lipinski definition) is 2. The van der Waals surface area contributed by atoms with Gasteiger partial charge in [-0.2, -0.15) is 0 Å². The molecule has 0 aliphatic carbocycles. The Kier molecular flexibility index (Phi) is 4.18. The molecular formula is C13H20N2OS. The zero-order valence-corrected chi connectivity index (χ0v) is 11.3. The summed E-state index contributed by atoms with van der Waals surface area (Å²) < 4.78 is 0. The highest BCUT2D eigenvalue weighted by Gasteiger charge is 2.22. The maximum atomic E-state index is 11.8. The van der Waals surface area contributed by atoms with Gasteiger partial charge < -0.3 is 5.32 Å². The molecule has 1 aliphatic rings. The Balaban J connectivity index is 1.97. The molecule has 1 aromatic rings. The molecule has 2 unspecified atom stereocenters. The zero-order chi connectivity index (χ0) is 12.3. The van der Waals surface area contributed by atoms with E-state index in [9.17, 15) is 4.79 Å². The Labute approximate surface area is 107 Å². The molecule has 4 heteroatoms. The summed E-state index contributed by atoms with van der Waals surface area (Å²) in [5.41, 5.74) is 0. The van der Waals surface area contributed by atoms with Crippen molar-refractivity contribution in [1.29, 1.82) is 0 Å². The van der Waals surface area contributed by atoms with Crippen LogP contribution in [0.15, 0.2) is 12.1 Å². The van der Waals surface area contributed by atoms with Crippen molar-refractivity contribution < 1.29 is 4.79 Å². The molecule has 2 atom stereocenters. The Morgan fingerprint density at radius 2 is 2.29 bits per heavy atom. The number of amides is 1. The minimum absolute atomic E-state index is 0.0325. The molecule has 0 saturated carbocycles. The Morgan fingerprint density at radius 3 is 3.00 bits per heavy atom. The maximum Gasteiger partial charge on any atom is 0.237 e. The van der Waals surface area contributed by atoms with E-state index in [-0.39, 0.29) is 18.0 Å². The monoisotopic (exact) mass is 252 g/mol. The summed E-state index contributed by atoms with van der Waals surface area (Å²) in [5.74, 6) is 0.155. The maximum absolute atomic E-state index is 11.8. The Bertz CT molecular complexity index is 389. The van der Waals surface area contributed by atoms with Gasteiger partial charge in [-0.1, -0.05) is 0 Å². The second-order valence-electron chi connectivity index (χ2n) is 4.68. The molecule has 0 bridgehead atoms. The molecular weight excluding hydrogens is 232 g/mol. The van der Waals surface area contributed by atoms with Gasteiger partial charge in [-0.25, -0.2) is 0 Å². The van der Waals surface area contributed by atoms with E-state index in [0.717, 1.165) is 25.8 Å². The van der Waals surface area contributed by atoms with Gasteiger partial charge in [-0.15, -0.1) is 11.3 Å². The van der Waals surface area contributed by atoms with E-state index < -0.39 is 0 Å². The van der Waals surface area contributed by atoms with Gasteiger partial charge in [0, 0.05) is 22.3 Å². The molecule has 2 heterocycles. The number of aryl methyl sites for hydroxylation is 1. The second-order valence-corrected chi connectivity index (χ2v) is 6.00. The summed E-state index contributed by atoms with van der Waals surface area (Å²) in [4.78, 5) is 14.4. The summed E-state index contributed by atoms with van der Waals surface area (Å²) >= 11 is 1.80. The zero-order valence-electron chi connectivity index (χ0n) is 10.5. The summed E-state index contributed by atoms with van der Waals surface area (Å²) in [7, 11) is 0. The molecule has 94 valence electrons. The highest BCUT2D eigenvalue weighted by atomic mass is 32.1. The molecule has 2 N–H and O–H groups in total. The molecule has 17 heavy (non-hydrogen) atoms. The van der Waals surface area contributed by atoms with Gasteiger partial charge in [-0.3, -0.25) is 10.1 Å². The van der Waals surface area contributed by atoms with Gasteiger partial charge >= 0.3 is 0 Å². The van der Waals surface area contributed by atoms with Gasteiger partial charge in [0.05, 0.1) is 6.04 Å². The number of rotatable bonds is 3. The third kappa shape index (κ3) is 3.30. The smallest absolute Gasteiger partial charge is 0.237 e. The quantitative estimate of drug-likeness (QED) is 0.867. The predicted molar refractivity (Wildman–Crippen MR) is 71.3 cm³/mol. The number of thiophene rings is 1. The van der Waals surface area contributed by atoms with Crippen molar-refractivity contribution in [2.75, 3.05) is 6.54 Å². The molecule has 1 amide bonds. The van der Waals surface area contributed by atoms with Crippen LogP contribution in [0.5, 0.6) is 0 Å². The van der Waals surface area contributed by atoms with Crippen LogP contribution in [0.1, 0.15) is 42.0 Å². The van der Waals surface area contributed by atoms with Crippen molar-refractivity contribution >= 4 is 17.2 Å². The first-order valence-corrected chi connectivity index (χ1v) is 7.08. The first-order valence-electron chi connectivity index (χ1n) is 6.27. The van der Waals surface area contributed by atoms with Crippen molar-refractivity contribution in [3.63, 3.8) is 0 Å². The van der Waals surface area contributed by atoms with E-state index in [2.05, 4.69) is 36.6 Å². The number of nitrogens with one attached hydrogen (secondary N) is 2. The van der Waals surface area contributed by atoms with E-state index in [0.29, 0.717) is 0 Å². The Morgan fingerprint density at radius 1 is 1.47 bits per heavy atom. The normalized spacial score (nSPS) is 22.9. The molecule has 0 aromatic carbocycles. The lowest BCUT2D eigenvalue weighted by molar-refractivity contribution is -0.123. The SMILES string of the molecule is Cc1ccc(C(C)NC2CCCCNC2=O)s1. The molecule has 1 saturated heterocycles. The third-order valence-electron chi connectivity index (χ3n) is 3.17. The van der Waals surface area contributed by atoms with Crippen LogP contribution in [0.25, 0.3) is 0 Å². The fourth-order valence-electron chi connectivity index (χ4n) is 2.17. The minimum atomic E-state index is -0.0325. The van der Waals surface area contributed by atoms with Crippen molar-refractivity contribution in [2.45, 2.75) is 45.2 Å². The van der Waals surface area contributed by atoms with E-state index in [1.807, 2.05) is 0 Å². The lowest BCUT2D eigenvalue weighted by atomic mass is 10.1. The van der Waals surface area contributed by atoms with Gasteiger partial charge in [0.1, 0.15) is 0 Å².